The van der Waals surface area contributed by atoms with Gasteiger partial charge in [0.1, 0.15) is 10.7 Å². The smallest absolute Gasteiger partial charge is 0.349 e. The first-order valence-electron chi connectivity index (χ1n) is 7.16. The van der Waals surface area contributed by atoms with Crippen LogP contribution in [0.4, 0.5) is 4.39 Å². The first kappa shape index (κ1) is 15.9. The number of nitrogens with zero attached hydrogens (tertiary/aromatic N) is 1. The maximum Gasteiger partial charge on any atom is 0.349 e. The van der Waals surface area contributed by atoms with Gasteiger partial charge in [-0.05, 0) is 30.3 Å². The molecule has 2 heterocycles. The zero-order chi connectivity index (χ0) is 17.8. The van der Waals surface area contributed by atoms with Gasteiger partial charge in [-0.2, -0.15) is 8.42 Å². The lowest BCUT2D eigenvalue weighted by atomic mass is 10.2. The molecule has 0 spiro atoms. The van der Waals surface area contributed by atoms with Crippen molar-refractivity contribution in [1.82, 2.24) is 8.96 Å². The lowest BCUT2D eigenvalue weighted by Gasteiger charge is -2.08. The molecule has 4 rings (SSSR count). The molecule has 1 N–H and O–H groups in total. The molecule has 2 aromatic heterocycles. The van der Waals surface area contributed by atoms with E-state index in [9.17, 15) is 21.2 Å². The SMILES string of the molecule is O=S(=O)(c1c[nH]c2ccccc12)S(=O)(=O)n1ccc2cc(F)ccc21. The minimum absolute atomic E-state index is 0.0878. The second-order valence-corrected chi connectivity index (χ2v) is 10.6. The van der Waals surface area contributed by atoms with Gasteiger partial charge in [-0.25, -0.2) is 16.8 Å². The Bertz CT molecular complexity index is 1330. The molecule has 9 heteroatoms. The van der Waals surface area contributed by atoms with Crippen LogP contribution >= 0.6 is 0 Å². The highest BCUT2D eigenvalue weighted by atomic mass is 33.2. The summed E-state index contributed by atoms with van der Waals surface area (Å²) in [5.41, 5.74) is 0.598. The molecule has 0 saturated carbocycles. The number of fused-ring (bicyclic) bond motifs is 2. The van der Waals surface area contributed by atoms with Gasteiger partial charge in [-0.3, -0.25) is 0 Å². The van der Waals surface area contributed by atoms with Crippen molar-refractivity contribution in [2.45, 2.75) is 4.90 Å². The minimum atomic E-state index is -4.80. The molecule has 0 bridgehead atoms. The Morgan fingerprint density at radius 3 is 2.52 bits per heavy atom. The van der Waals surface area contributed by atoms with Gasteiger partial charge in [0.15, 0.2) is 0 Å². The fourth-order valence-corrected chi connectivity index (χ4v) is 6.58. The third-order valence-corrected chi connectivity index (χ3v) is 8.87. The third kappa shape index (κ3) is 2.19. The van der Waals surface area contributed by atoms with Crippen molar-refractivity contribution in [3.63, 3.8) is 0 Å². The van der Waals surface area contributed by atoms with Crippen molar-refractivity contribution in [2.75, 3.05) is 0 Å². The number of hydrogen-bond acceptors (Lipinski definition) is 4. The number of rotatable bonds is 3. The largest absolute Gasteiger partial charge is 0.360 e. The van der Waals surface area contributed by atoms with Gasteiger partial charge in [0.2, 0.25) is 0 Å². The maximum atomic E-state index is 13.3. The molecule has 128 valence electrons. The molecule has 0 fully saturated rings. The van der Waals surface area contributed by atoms with Gasteiger partial charge in [0, 0.05) is 28.7 Å². The van der Waals surface area contributed by atoms with Gasteiger partial charge in [0.25, 0.3) is 0 Å². The van der Waals surface area contributed by atoms with E-state index >= 15 is 0 Å². The molecule has 4 aromatic rings. The predicted molar refractivity (Wildman–Crippen MR) is 91.7 cm³/mol. The highest BCUT2D eigenvalue weighted by Crippen LogP contribution is 2.29. The molecule has 0 amide bonds. The number of halogens is 1. The zero-order valence-electron chi connectivity index (χ0n) is 12.5. The van der Waals surface area contributed by atoms with E-state index in [1.54, 1.807) is 18.2 Å². The van der Waals surface area contributed by atoms with Gasteiger partial charge in [-0.15, -0.1) is 0 Å². The second kappa shape index (κ2) is 5.17. The van der Waals surface area contributed by atoms with Gasteiger partial charge in [0.05, 0.1) is 5.52 Å². The van der Waals surface area contributed by atoms with E-state index in [1.807, 2.05) is 0 Å². The summed E-state index contributed by atoms with van der Waals surface area (Å²) in [6, 6.07) is 11.3. The number of aromatic nitrogens is 2. The van der Waals surface area contributed by atoms with Crippen molar-refractivity contribution in [1.29, 1.82) is 0 Å². The van der Waals surface area contributed by atoms with Gasteiger partial charge < -0.3 is 4.98 Å². The van der Waals surface area contributed by atoms with Crippen LogP contribution in [0.1, 0.15) is 0 Å². The molecule has 0 radical (unpaired) electrons. The van der Waals surface area contributed by atoms with E-state index in [0.29, 0.717) is 9.49 Å². The van der Waals surface area contributed by atoms with Crippen molar-refractivity contribution >= 4 is 39.7 Å². The number of hydrogen-bond donors (Lipinski definition) is 1. The van der Waals surface area contributed by atoms with Crippen LogP contribution in [0.3, 0.4) is 0 Å². The number of aromatic amines is 1. The molecular formula is C16H11FN2O4S2. The van der Waals surface area contributed by atoms with E-state index in [-0.39, 0.29) is 21.2 Å². The van der Waals surface area contributed by atoms with Crippen LogP contribution in [0, 0.1) is 5.82 Å². The minimum Gasteiger partial charge on any atom is -0.360 e. The highest BCUT2D eigenvalue weighted by molar-refractivity contribution is 8.66. The average molecular weight is 378 g/mol. The van der Waals surface area contributed by atoms with E-state index in [1.165, 1.54) is 18.2 Å². The lowest BCUT2D eigenvalue weighted by molar-refractivity contribution is 0.579. The quantitative estimate of drug-likeness (QED) is 0.555. The average Bonchev–Trinajstić information content (AvgIpc) is 3.18. The second-order valence-electron chi connectivity index (χ2n) is 5.43. The molecule has 6 nitrogen and oxygen atoms in total. The third-order valence-electron chi connectivity index (χ3n) is 3.96. The molecular weight excluding hydrogens is 367 g/mol. The van der Waals surface area contributed by atoms with Gasteiger partial charge in [-0.1, -0.05) is 18.2 Å². The van der Waals surface area contributed by atoms with E-state index in [4.69, 9.17) is 0 Å². The Kier molecular flexibility index (Phi) is 3.28. The predicted octanol–water partition coefficient (Wildman–Crippen LogP) is 2.83. The summed E-state index contributed by atoms with van der Waals surface area (Å²) < 4.78 is 65.3. The Morgan fingerprint density at radius 1 is 0.960 bits per heavy atom. The maximum absolute atomic E-state index is 13.3. The van der Waals surface area contributed by atoms with E-state index in [0.717, 1.165) is 24.5 Å². The van der Waals surface area contributed by atoms with E-state index in [2.05, 4.69) is 4.98 Å². The molecule has 25 heavy (non-hydrogen) atoms. The van der Waals surface area contributed by atoms with Crippen LogP contribution in [0.15, 0.2) is 65.8 Å². The Labute approximate surface area is 141 Å². The topological polar surface area (TPSA) is 89.0 Å². The summed E-state index contributed by atoms with van der Waals surface area (Å²) in [4.78, 5) is 2.43. The van der Waals surface area contributed by atoms with Crippen LogP contribution in [-0.4, -0.2) is 25.8 Å². The van der Waals surface area contributed by atoms with Crippen molar-refractivity contribution in [3.8, 4) is 0 Å². The zero-order valence-corrected chi connectivity index (χ0v) is 14.2. The fraction of sp³-hybridized carbons (Fsp3) is 0. The summed E-state index contributed by atoms with van der Waals surface area (Å²) in [6.45, 7) is 0. The molecule has 0 aliphatic carbocycles. The first-order valence-corrected chi connectivity index (χ1v) is 10.6. The summed E-state index contributed by atoms with van der Waals surface area (Å²) in [7, 11) is -9.54. The van der Waals surface area contributed by atoms with Crippen LogP contribution in [0.5, 0.6) is 0 Å². The van der Waals surface area contributed by atoms with Crippen molar-refractivity contribution in [2.24, 2.45) is 0 Å². The number of nitrogens with one attached hydrogen (secondary N) is 1. The fourth-order valence-electron chi connectivity index (χ4n) is 2.75. The summed E-state index contributed by atoms with van der Waals surface area (Å²) in [5.74, 6) is -0.540. The molecule has 0 aliphatic rings. The Hall–Kier alpha value is -2.65. The molecule has 2 aromatic carbocycles. The van der Waals surface area contributed by atoms with Crippen LogP contribution in [-0.2, 0) is 17.9 Å². The van der Waals surface area contributed by atoms with Gasteiger partial charge >= 0.3 is 17.9 Å². The molecule has 0 unspecified atom stereocenters. The monoisotopic (exact) mass is 378 g/mol. The van der Waals surface area contributed by atoms with Crippen LogP contribution < -0.4 is 0 Å². The standard InChI is InChI=1S/C16H11FN2O4S2/c17-12-5-6-15-11(9-12)7-8-19(15)25(22,23)24(20,21)16-10-18-14-4-2-1-3-13(14)16/h1-10,18H. The Balaban J connectivity index is 1.97. The van der Waals surface area contributed by atoms with Crippen molar-refractivity contribution < 1.29 is 21.2 Å². The highest BCUT2D eigenvalue weighted by Gasteiger charge is 2.36. The van der Waals surface area contributed by atoms with E-state index < -0.39 is 23.7 Å². The normalized spacial score (nSPS) is 12.8. The number of benzene rings is 2. The number of para-hydroxylation sites is 1. The number of H-pyrrole nitrogens is 1. The summed E-state index contributed by atoms with van der Waals surface area (Å²) >= 11 is 0. The lowest BCUT2D eigenvalue weighted by Crippen LogP contribution is -2.22. The Morgan fingerprint density at radius 2 is 1.72 bits per heavy atom. The molecule has 0 atom stereocenters. The van der Waals surface area contributed by atoms with Crippen LogP contribution in [0.25, 0.3) is 21.8 Å². The van der Waals surface area contributed by atoms with Crippen LogP contribution in [0.2, 0.25) is 0 Å². The molecule has 0 aliphatic heterocycles. The first-order chi connectivity index (χ1) is 11.8. The summed E-state index contributed by atoms with van der Waals surface area (Å²) in [5, 5.41) is 0.575. The molecule has 0 saturated heterocycles. The van der Waals surface area contributed by atoms with Crippen molar-refractivity contribution in [3.05, 3.63) is 66.7 Å². The summed E-state index contributed by atoms with van der Waals surface area (Å²) in [6.07, 6.45) is 2.26.